The first-order valence-corrected chi connectivity index (χ1v) is 8.35. The molecule has 0 unspecified atom stereocenters. The van der Waals surface area contributed by atoms with E-state index in [2.05, 4.69) is 10.0 Å². The molecule has 116 valence electrons. The summed E-state index contributed by atoms with van der Waals surface area (Å²) in [5, 5.41) is 3.09. The van der Waals surface area contributed by atoms with Gasteiger partial charge < -0.3 is 5.32 Å². The molecule has 2 N–H and O–H groups in total. The van der Waals surface area contributed by atoms with Crippen molar-refractivity contribution >= 4 is 33.2 Å². The number of carbonyl (C=O) groups is 1. The highest BCUT2D eigenvalue weighted by Gasteiger charge is 2.16. The smallest absolute Gasteiger partial charge is 0.241 e. The second-order valence-corrected chi connectivity index (χ2v) is 6.82. The van der Waals surface area contributed by atoms with E-state index in [0.29, 0.717) is 16.3 Å². The van der Waals surface area contributed by atoms with Crippen LogP contribution in [0, 0.1) is 6.92 Å². The average molecular weight is 339 g/mol. The Morgan fingerprint density at radius 2 is 1.82 bits per heavy atom. The fourth-order valence-corrected chi connectivity index (χ4v) is 2.94. The molecular weight excluding hydrogens is 324 g/mol. The van der Waals surface area contributed by atoms with Crippen molar-refractivity contribution in [3.63, 3.8) is 0 Å². The molecule has 0 atom stereocenters. The Kier molecular flexibility index (Phi) is 5.18. The van der Waals surface area contributed by atoms with Gasteiger partial charge in [0.1, 0.15) is 0 Å². The normalized spacial score (nSPS) is 11.2. The second-order valence-electron chi connectivity index (χ2n) is 4.65. The Morgan fingerprint density at radius 3 is 2.45 bits per heavy atom. The zero-order chi connectivity index (χ0) is 16.2. The lowest BCUT2D eigenvalue weighted by molar-refractivity contribution is -0.115. The van der Waals surface area contributed by atoms with E-state index in [-0.39, 0.29) is 11.4 Å². The number of sulfonamides is 1. The fourth-order valence-electron chi connectivity index (χ4n) is 1.75. The number of anilines is 1. The van der Waals surface area contributed by atoms with Crippen molar-refractivity contribution in [2.75, 3.05) is 11.9 Å². The number of amides is 1. The molecule has 0 spiro atoms. The third kappa shape index (κ3) is 4.30. The van der Waals surface area contributed by atoms with Crippen LogP contribution in [0.2, 0.25) is 5.02 Å². The van der Waals surface area contributed by atoms with Crippen molar-refractivity contribution in [2.24, 2.45) is 0 Å². The van der Waals surface area contributed by atoms with Crippen molar-refractivity contribution in [2.45, 2.75) is 11.8 Å². The molecule has 0 fully saturated rings. The first-order valence-electron chi connectivity index (χ1n) is 6.49. The Morgan fingerprint density at radius 1 is 1.14 bits per heavy atom. The molecule has 0 heterocycles. The molecule has 0 aliphatic rings. The van der Waals surface area contributed by atoms with Crippen LogP contribution in [0.25, 0.3) is 0 Å². The second kappa shape index (κ2) is 6.91. The van der Waals surface area contributed by atoms with Crippen molar-refractivity contribution in [1.82, 2.24) is 4.72 Å². The number of rotatable bonds is 5. The van der Waals surface area contributed by atoms with Gasteiger partial charge in [0, 0.05) is 10.7 Å². The van der Waals surface area contributed by atoms with E-state index < -0.39 is 15.9 Å². The number of benzene rings is 2. The van der Waals surface area contributed by atoms with E-state index in [9.17, 15) is 13.2 Å². The Bertz CT molecular complexity index is 777. The number of para-hydroxylation sites is 1. The van der Waals surface area contributed by atoms with Crippen LogP contribution in [0.4, 0.5) is 5.69 Å². The van der Waals surface area contributed by atoms with Crippen molar-refractivity contribution in [1.29, 1.82) is 0 Å². The molecule has 5 nitrogen and oxygen atoms in total. The largest absolute Gasteiger partial charge is 0.325 e. The fraction of sp³-hybridized carbons (Fsp3) is 0.133. The van der Waals surface area contributed by atoms with E-state index >= 15 is 0 Å². The van der Waals surface area contributed by atoms with E-state index in [4.69, 9.17) is 11.6 Å². The SMILES string of the molecule is Cc1cc(S(=O)(=O)NCC(=O)Nc2ccccc2)ccc1Cl. The minimum absolute atomic E-state index is 0.0712. The topological polar surface area (TPSA) is 75.3 Å². The quantitative estimate of drug-likeness (QED) is 0.879. The predicted octanol–water partition coefficient (Wildman–Crippen LogP) is 2.57. The standard InChI is InChI=1S/C15H15ClN2O3S/c1-11-9-13(7-8-14(11)16)22(20,21)17-10-15(19)18-12-5-3-2-4-6-12/h2-9,17H,10H2,1H3,(H,18,19). The number of hydrogen-bond donors (Lipinski definition) is 2. The van der Waals surface area contributed by atoms with E-state index in [1.54, 1.807) is 31.2 Å². The van der Waals surface area contributed by atoms with Gasteiger partial charge in [-0.25, -0.2) is 13.1 Å². The molecular formula is C15H15ClN2O3S. The highest BCUT2D eigenvalue weighted by molar-refractivity contribution is 7.89. The summed E-state index contributed by atoms with van der Waals surface area (Å²) < 4.78 is 26.5. The van der Waals surface area contributed by atoms with Crippen LogP contribution < -0.4 is 10.0 Å². The zero-order valence-corrected chi connectivity index (χ0v) is 13.4. The molecule has 0 saturated carbocycles. The number of halogens is 1. The van der Waals surface area contributed by atoms with Crippen LogP contribution in [-0.4, -0.2) is 20.9 Å². The van der Waals surface area contributed by atoms with Crippen molar-refractivity contribution in [3.8, 4) is 0 Å². The summed E-state index contributed by atoms with van der Waals surface area (Å²) in [5.74, 6) is -0.444. The van der Waals surface area contributed by atoms with Crippen molar-refractivity contribution < 1.29 is 13.2 Å². The minimum Gasteiger partial charge on any atom is -0.325 e. The van der Waals surface area contributed by atoms with Crippen LogP contribution in [0.15, 0.2) is 53.4 Å². The van der Waals surface area contributed by atoms with Gasteiger partial charge in [-0.2, -0.15) is 0 Å². The Labute approximate surface area is 134 Å². The van der Waals surface area contributed by atoms with Crippen LogP contribution >= 0.6 is 11.6 Å². The lowest BCUT2D eigenvalue weighted by Gasteiger charge is -2.09. The maximum atomic E-state index is 12.1. The van der Waals surface area contributed by atoms with Gasteiger partial charge in [-0.15, -0.1) is 0 Å². The van der Waals surface area contributed by atoms with E-state index in [1.807, 2.05) is 6.07 Å². The van der Waals surface area contributed by atoms with E-state index in [1.165, 1.54) is 18.2 Å². The number of carbonyl (C=O) groups excluding carboxylic acids is 1. The van der Waals surface area contributed by atoms with Gasteiger partial charge in [-0.3, -0.25) is 4.79 Å². The third-order valence-corrected chi connectivity index (χ3v) is 4.74. The molecule has 0 aliphatic carbocycles. The molecule has 1 amide bonds. The molecule has 0 aromatic heterocycles. The predicted molar refractivity (Wildman–Crippen MR) is 86.4 cm³/mol. The highest BCUT2D eigenvalue weighted by Crippen LogP contribution is 2.19. The van der Waals surface area contributed by atoms with Gasteiger partial charge in [0.15, 0.2) is 0 Å². The maximum absolute atomic E-state index is 12.1. The monoisotopic (exact) mass is 338 g/mol. The van der Waals surface area contributed by atoms with Gasteiger partial charge in [0.05, 0.1) is 11.4 Å². The van der Waals surface area contributed by atoms with Crippen molar-refractivity contribution in [3.05, 3.63) is 59.1 Å². The third-order valence-electron chi connectivity index (χ3n) is 2.92. The maximum Gasteiger partial charge on any atom is 0.241 e. The van der Waals surface area contributed by atoms with Crippen LogP contribution in [0.5, 0.6) is 0 Å². The summed E-state index contributed by atoms with van der Waals surface area (Å²) in [4.78, 5) is 11.8. The number of aryl methyl sites for hydroxylation is 1. The molecule has 22 heavy (non-hydrogen) atoms. The lowest BCUT2D eigenvalue weighted by Crippen LogP contribution is -2.32. The van der Waals surface area contributed by atoms with E-state index in [0.717, 1.165) is 0 Å². The average Bonchev–Trinajstić information content (AvgIpc) is 2.49. The Hall–Kier alpha value is -1.89. The Balaban J connectivity index is 2.00. The molecule has 0 saturated heterocycles. The molecule has 2 aromatic carbocycles. The molecule has 0 radical (unpaired) electrons. The molecule has 0 bridgehead atoms. The number of hydrogen-bond acceptors (Lipinski definition) is 3. The van der Waals surface area contributed by atoms with Crippen LogP contribution in [0.1, 0.15) is 5.56 Å². The van der Waals surface area contributed by atoms with Gasteiger partial charge in [-0.1, -0.05) is 29.8 Å². The summed E-state index contributed by atoms with van der Waals surface area (Å²) in [7, 11) is -3.76. The molecule has 0 aliphatic heterocycles. The summed E-state index contributed by atoms with van der Waals surface area (Å²) in [5.41, 5.74) is 1.26. The van der Waals surface area contributed by atoms with Gasteiger partial charge in [0.25, 0.3) is 0 Å². The minimum atomic E-state index is -3.76. The lowest BCUT2D eigenvalue weighted by atomic mass is 10.2. The zero-order valence-electron chi connectivity index (χ0n) is 11.8. The summed E-state index contributed by atoms with van der Waals surface area (Å²) in [6.45, 7) is 1.36. The summed E-state index contributed by atoms with van der Waals surface area (Å²) >= 11 is 5.87. The first kappa shape index (κ1) is 16.5. The number of nitrogens with one attached hydrogen (secondary N) is 2. The molecule has 7 heteroatoms. The summed E-state index contributed by atoms with van der Waals surface area (Å²) in [6, 6.07) is 13.2. The molecule has 2 rings (SSSR count). The van der Waals surface area contributed by atoms with Gasteiger partial charge in [-0.05, 0) is 42.8 Å². The van der Waals surface area contributed by atoms with Gasteiger partial charge in [0.2, 0.25) is 15.9 Å². The van der Waals surface area contributed by atoms with Crippen LogP contribution in [-0.2, 0) is 14.8 Å². The summed E-state index contributed by atoms with van der Waals surface area (Å²) in [6.07, 6.45) is 0. The van der Waals surface area contributed by atoms with Gasteiger partial charge >= 0.3 is 0 Å². The van der Waals surface area contributed by atoms with Crippen LogP contribution in [0.3, 0.4) is 0 Å². The molecule has 2 aromatic rings. The highest BCUT2D eigenvalue weighted by atomic mass is 35.5. The first-order chi connectivity index (χ1) is 10.4.